The van der Waals surface area contributed by atoms with Gasteiger partial charge in [0.1, 0.15) is 12.0 Å². The highest BCUT2D eigenvalue weighted by Gasteiger charge is 2.29. The first kappa shape index (κ1) is 15.2. The molecule has 1 saturated heterocycles. The van der Waals surface area contributed by atoms with Gasteiger partial charge in [0.15, 0.2) is 6.61 Å². The Morgan fingerprint density at radius 2 is 1.96 bits per heavy atom. The van der Waals surface area contributed by atoms with Crippen molar-refractivity contribution in [2.24, 2.45) is 0 Å². The first-order chi connectivity index (χ1) is 11.3. The molecule has 1 fully saturated rings. The van der Waals surface area contributed by atoms with Gasteiger partial charge in [-0.1, -0.05) is 0 Å². The maximum Gasteiger partial charge on any atom is 0.261 e. The standard InChI is InChI=1S/C18H18N2O3/c21-12-14-3-5-16(6-4-14)23-13-18(22)20-11-1-2-17(20)15-7-9-19-10-8-15/h3-10,12,17H,1-2,11,13H2. The molecule has 0 aliphatic carbocycles. The predicted octanol–water partition coefficient (Wildman–Crippen LogP) is 2.64. The number of pyridine rings is 1. The van der Waals surface area contributed by atoms with Gasteiger partial charge in [0, 0.05) is 24.5 Å². The molecule has 1 aromatic heterocycles. The lowest BCUT2D eigenvalue weighted by Crippen LogP contribution is -2.34. The summed E-state index contributed by atoms with van der Waals surface area (Å²) < 4.78 is 5.54. The molecule has 23 heavy (non-hydrogen) atoms. The summed E-state index contributed by atoms with van der Waals surface area (Å²) in [5.41, 5.74) is 1.70. The fraction of sp³-hybridized carbons (Fsp3) is 0.278. The van der Waals surface area contributed by atoms with Crippen LogP contribution in [0.15, 0.2) is 48.8 Å². The number of aldehydes is 1. The van der Waals surface area contributed by atoms with Crippen molar-refractivity contribution in [3.63, 3.8) is 0 Å². The van der Waals surface area contributed by atoms with Gasteiger partial charge >= 0.3 is 0 Å². The molecule has 118 valence electrons. The average molecular weight is 310 g/mol. The molecule has 5 nitrogen and oxygen atoms in total. The molecule has 0 spiro atoms. The number of benzene rings is 1. The zero-order valence-electron chi connectivity index (χ0n) is 12.7. The number of hydrogen-bond acceptors (Lipinski definition) is 4. The van der Waals surface area contributed by atoms with E-state index in [-0.39, 0.29) is 18.6 Å². The molecule has 0 radical (unpaired) electrons. The van der Waals surface area contributed by atoms with E-state index in [4.69, 9.17) is 4.74 Å². The van der Waals surface area contributed by atoms with Gasteiger partial charge in [-0.15, -0.1) is 0 Å². The largest absolute Gasteiger partial charge is 0.484 e. The summed E-state index contributed by atoms with van der Waals surface area (Å²) >= 11 is 0. The van der Waals surface area contributed by atoms with Crippen LogP contribution in [0.3, 0.4) is 0 Å². The lowest BCUT2D eigenvalue weighted by atomic mass is 10.1. The highest BCUT2D eigenvalue weighted by molar-refractivity contribution is 5.78. The lowest BCUT2D eigenvalue weighted by Gasteiger charge is -2.25. The molecule has 1 aromatic carbocycles. The Hall–Kier alpha value is -2.69. The lowest BCUT2D eigenvalue weighted by molar-refractivity contribution is -0.134. The molecule has 3 rings (SSSR count). The van der Waals surface area contributed by atoms with E-state index in [1.54, 1.807) is 36.7 Å². The Labute approximate surface area is 134 Å². The second-order valence-corrected chi connectivity index (χ2v) is 5.50. The number of carbonyl (C=O) groups excluding carboxylic acids is 2. The number of rotatable bonds is 5. The van der Waals surface area contributed by atoms with Gasteiger partial charge in [-0.05, 0) is 54.8 Å². The zero-order chi connectivity index (χ0) is 16.1. The Bertz CT molecular complexity index is 670. The van der Waals surface area contributed by atoms with Crippen LogP contribution in [0.2, 0.25) is 0 Å². The summed E-state index contributed by atoms with van der Waals surface area (Å²) in [7, 11) is 0. The molecule has 1 aliphatic rings. The molecule has 1 aliphatic heterocycles. The summed E-state index contributed by atoms with van der Waals surface area (Å²) in [5.74, 6) is 0.562. The summed E-state index contributed by atoms with van der Waals surface area (Å²) in [6.07, 6.45) is 6.23. The summed E-state index contributed by atoms with van der Waals surface area (Å²) in [6.45, 7) is 0.751. The van der Waals surface area contributed by atoms with E-state index in [1.165, 1.54) is 0 Å². The van der Waals surface area contributed by atoms with Crippen LogP contribution in [-0.2, 0) is 4.79 Å². The van der Waals surface area contributed by atoms with Gasteiger partial charge in [0.2, 0.25) is 0 Å². The second-order valence-electron chi connectivity index (χ2n) is 5.50. The third-order valence-corrected chi connectivity index (χ3v) is 4.04. The first-order valence-electron chi connectivity index (χ1n) is 7.65. The van der Waals surface area contributed by atoms with Crippen LogP contribution in [0.25, 0.3) is 0 Å². The van der Waals surface area contributed by atoms with Gasteiger partial charge in [0.25, 0.3) is 5.91 Å². The van der Waals surface area contributed by atoms with Crippen LogP contribution < -0.4 is 4.74 Å². The van der Waals surface area contributed by atoms with E-state index in [1.807, 2.05) is 17.0 Å². The SMILES string of the molecule is O=Cc1ccc(OCC(=O)N2CCCC2c2ccncc2)cc1. The number of likely N-dealkylation sites (tertiary alicyclic amines) is 1. The first-order valence-corrected chi connectivity index (χ1v) is 7.65. The number of amides is 1. The van der Waals surface area contributed by atoms with Crippen LogP contribution in [0.5, 0.6) is 5.75 Å². The van der Waals surface area contributed by atoms with E-state index in [0.717, 1.165) is 31.2 Å². The van der Waals surface area contributed by atoms with Crippen molar-refractivity contribution < 1.29 is 14.3 Å². The summed E-state index contributed by atoms with van der Waals surface area (Å²) in [6, 6.07) is 10.7. The molecular weight excluding hydrogens is 292 g/mol. The van der Waals surface area contributed by atoms with Crippen molar-refractivity contribution >= 4 is 12.2 Å². The van der Waals surface area contributed by atoms with Crippen molar-refractivity contribution in [2.75, 3.05) is 13.2 Å². The van der Waals surface area contributed by atoms with Crippen LogP contribution in [0.1, 0.15) is 34.8 Å². The second kappa shape index (κ2) is 7.05. The van der Waals surface area contributed by atoms with Gasteiger partial charge in [0.05, 0.1) is 6.04 Å². The van der Waals surface area contributed by atoms with Crippen molar-refractivity contribution in [1.29, 1.82) is 0 Å². The zero-order valence-corrected chi connectivity index (χ0v) is 12.7. The molecule has 1 unspecified atom stereocenters. The Morgan fingerprint density at radius 1 is 1.22 bits per heavy atom. The molecule has 0 saturated carbocycles. The van der Waals surface area contributed by atoms with Crippen molar-refractivity contribution in [3.8, 4) is 5.75 Å². The Balaban J connectivity index is 1.61. The molecule has 0 N–H and O–H groups in total. The van der Waals surface area contributed by atoms with Crippen molar-refractivity contribution in [2.45, 2.75) is 18.9 Å². The van der Waals surface area contributed by atoms with E-state index in [0.29, 0.717) is 11.3 Å². The minimum atomic E-state index is -0.0243. The Kier molecular flexibility index (Phi) is 4.66. The number of carbonyl (C=O) groups is 2. The normalized spacial score (nSPS) is 17.0. The topological polar surface area (TPSA) is 59.5 Å². The molecule has 2 heterocycles. The maximum atomic E-state index is 12.5. The van der Waals surface area contributed by atoms with E-state index in [9.17, 15) is 9.59 Å². The maximum absolute atomic E-state index is 12.5. The number of ether oxygens (including phenoxy) is 1. The minimum Gasteiger partial charge on any atom is -0.484 e. The number of nitrogens with zero attached hydrogens (tertiary/aromatic N) is 2. The summed E-state index contributed by atoms with van der Waals surface area (Å²) in [4.78, 5) is 29.0. The molecule has 1 atom stereocenters. The smallest absolute Gasteiger partial charge is 0.261 e. The van der Waals surface area contributed by atoms with Gasteiger partial charge in [-0.2, -0.15) is 0 Å². The van der Waals surface area contributed by atoms with Crippen molar-refractivity contribution in [3.05, 3.63) is 59.9 Å². The van der Waals surface area contributed by atoms with Gasteiger partial charge in [-0.25, -0.2) is 0 Å². The van der Waals surface area contributed by atoms with E-state index < -0.39 is 0 Å². The van der Waals surface area contributed by atoms with Crippen LogP contribution in [-0.4, -0.2) is 35.2 Å². The molecule has 2 aromatic rings. The van der Waals surface area contributed by atoms with Gasteiger partial charge < -0.3 is 9.64 Å². The van der Waals surface area contributed by atoms with Crippen LogP contribution in [0.4, 0.5) is 0 Å². The van der Waals surface area contributed by atoms with Crippen molar-refractivity contribution in [1.82, 2.24) is 9.88 Å². The molecule has 5 heteroatoms. The van der Waals surface area contributed by atoms with E-state index in [2.05, 4.69) is 4.98 Å². The van der Waals surface area contributed by atoms with Crippen LogP contribution >= 0.6 is 0 Å². The fourth-order valence-electron chi connectivity index (χ4n) is 2.87. The number of hydrogen-bond donors (Lipinski definition) is 0. The monoisotopic (exact) mass is 310 g/mol. The predicted molar refractivity (Wildman–Crippen MR) is 85.2 cm³/mol. The third-order valence-electron chi connectivity index (χ3n) is 4.04. The quantitative estimate of drug-likeness (QED) is 0.797. The van der Waals surface area contributed by atoms with Crippen LogP contribution in [0, 0.1) is 0 Å². The summed E-state index contributed by atoms with van der Waals surface area (Å²) in [5, 5.41) is 0. The number of aromatic nitrogens is 1. The van der Waals surface area contributed by atoms with E-state index >= 15 is 0 Å². The fourth-order valence-corrected chi connectivity index (χ4v) is 2.87. The molecule has 1 amide bonds. The molecular formula is C18H18N2O3. The molecule has 0 bridgehead atoms. The third kappa shape index (κ3) is 3.56. The average Bonchev–Trinajstić information content (AvgIpc) is 3.11. The minimum absolute atomic E-state index is 0.00200. The highest BCUT2D eigenvalue weighted by Crippen LogP contribution is 2.31. The highest BCUT2D eigenvalue weighted by atomic mass is 16.5. The van der Waals surface area contributed by atoms with Gasteiger partial charge in [-0.3, -0.25) is 14.6 Å². The Morgan fingerprint density at radius 3 is 2.65 bits per heavy atom.